The Morgan fingerprint density at radius 3 is 1.97 bits per heavy atom. The Hall–Kier alpha value is -2.71. The van der Waals surface area contributed by atoms with Crippen LogP contribution < -0.4 is 17.0 Å². The van der Waals surface area contributed by atoms with Crippen LogP contribution >= 0.6 is 0 Å². The molecule has 2 aromatic carbocycles. The van der Waals surface area contributed by atoms with E-state index in [1.54, 1.807) is 4.57 Å². The van der Waals surface area contributed by atoms with Gasteiger partial charge in [-0.3, -0.25) is 4.79 Å². The molecule has 1 heterocycles. The quantitative estimate of drug-likeness (QED) is 0.326. The van der Waals surface area contributed by atoms with Crippen LogP contribution in [0.2, 0.25) is 0 Å². The summed E-state index contributed by atoms with van der Waals surface area (Å²) in [5, 5.41) is 31.3. The molecule has 0 aliphatic carbocycles. The third-order valence-electron chi connectivity index (χ3n) is 7.35. The number of phenols is 1. The Kier molecular flexibility index (Phi) is 9.60. The molecular formula is C30H43BrN4O3. The average molecular weight is 588 g/mol. The standard InChI is InChI=1S/C30H42N4O3.BrH/c1-10-34(9,11-2)19-25(35)31-32-26-21-14-12-13-15-24(21)33(28(26)37)18-20-16-22(29(3,4)5)27(36)23(17-20)30(6,7)8;/h12-17H,10-11,18-19H2,1-9H3,(H-,31,35,36,37);1H. The highest BCUT2D eigenvalue weighted by Gasteiger charge is 2.27. The molecule has 1 amide bonds. The maximum Gasteiger partial charge on any atom is 0.319 e. The van der Waals surface area contributed by atoms with Crippen molar-refractivity contribution in [2.24, 2.45) is 10.2 Å². The number of halogens is 1. The summed E-state index contributed by atoms with van der Waals surface area (Å²) in [5.41, 5.74) is 3.26. The highest BCUT2D eigenvalue weighted by atomic mass is 79.9. The third-order valence-corrected chi connectivity index (χ3v) is 7.35. The topological polar surface area (TPSA) is 87.2 Å². The number of aromatic nitrogens is 1. The van der Waals surface area contributed by atoms with Crippen molar-refractivity contribution in [1.29, 1.82) is 0 Å². The van der Waals surface area contributed by atoms with Gasteiger partial charge in [0.1, 0.15) is 5.75 Å². The number of quaternary nitrogens is 1. The van der Waals surface area contributed by atoms with Crippen molar-refractivity contribution in [3.8, 4) is 11.6 Å². The van der Waals surface area contributed by atoms with Crippen LogP contribution in [0.25, 0.3) is 10.9 Å². The SMILES string of the molecule is CC[N+](C)(CC)CC(=O)N=Nc1c(O)n(Cc2cc(C(C)(C)C)c(O)c(C(C)(C)C)c2)c2ccccc12.[Br-]. The lowest BCUT2D eigenvalue weighted by molar-refractivity contribution is -0.898. The van der Waals surface area contributed by atoms with E-state index in [0.717, 1.165) is 40.7 Å². The number of para-hydroxylation sites is 1. The molecule has 0 saturated carbocycles. The minimum Gasteiger partial charge on any atom is -1.00 e. The molecule has 8 heteroatoms. The molecule has 0 aliphatic rings. The molecule has 0 unspecified atom stereocenters. The fraction of sp³-hybridized carbons (Fsp3) is 0.500. The second-order valence-corrected chi connectivity index (χ2v) is 12.3. The molecule has 0 saturated heterocycles. The van der Waals surface area contributed by atoms with Crippen LogP contribution in [0.3, 0.4) is 0 Å². The smallest absolute Gasteiger partial charge is 0.319 e. The zero-order valence-electron chi connectivity index (χ0n) is 24.3. The Morgan fingerprint density at radius 1 is 0.947 bits per heavy atom. The number of hydrogen-bond donors (Lipinski definition) is 2. The van der Waals surface area contributed by atoms with Crippen LogP contribution in [-0.4, -0.2) is 51.9 Å². The van der Waals surface area contributed by atoms with Crippen molar-refractivity contribution < 1.29 is 36.5 Å². The lowest BCUT2D eigenvalue weighted by Gasteiger charge is -2.30. The minimum atomic E-state index is -0.314. The summed E-state index contributed by atoms with van der Waals surface area (Å²) < 4.78 is 2.37. The minimum absolute atomic E-state index is 0. The Labute approximate surface area is 237 Å². The summed E-state index contributed by atoms with van der Waals surface area (Å²) in [4.78, 5) is 12.6. The molecule has 7 nitrogen and oxygen atoms in total. The van der Waals surface area contributed by atoms with Gasteiger partial charge < -0.3 is 36.2 Å². The summed E-state index contributed by atoms with van der Waals surface area (Å²) in [5.74, 6) is -0.0304. The van der Waals surface area contributed by atoms with Crippen molar-refractivity contribution in [2.75, 3.05) is 26.7 Å². The first-order valence-electron chi connectivity index (χ1n) is 13.1. The van der Waals surface area contributed by atoms with Crippen molar-refractivity contribution >= 4 is 22.5 Å². The van der Waals surface area contributed by atoms with Gasteiger partial charge in [0.2, 0.25) is 5.88 Å². The first kappa shape index (κ1) is 31.5. The van der Waals surface area contributed by atoms with Gasteiger partial charge in [-0.1, -0.05) is 59.7 Å². The molecule has 3 rings (SSSR count). The number of carbonyl (C=O) groups excluding carboxylic acids is 1. The number of carbonyl (C=O) groups is 1. The van der Waals surface area contributed by atoms with Gasteiger partial charge in [-0.2, -0.15) is 0 Å². The first-order valence-corrected chi connectivity index (χ1v) is 13.1. The maximum atomic E-state index is 12.6. The molecule has 1 aromatic heterocycles. The van der Waals surface area contributed by atoms with E-state index in [1.165, 1.54) is 0 Å². The molecule has 0 fully saturated rings. The molecule has 3 aromatic rings. The zero-order chi connectivity index (χ0) is 27.8. The van der Waals surface area contributed by atoms with Crippen LogP contribution in [0, 0.1) is 0 Å². The predicted molar refractivity (Wildman–Crippen MR) is 150 cm³/mol. The van der Waals surface area contributed by atoms with E-state index < -0.39 is 0 Å². The van der Waals surface area contributed by atoms with Gasteiger partial charge in [-0.05, 0) is 59.6 Å². The van der Waals surface area contributed by atoms with Crippen molar-refractivity contribution in [3.63, 3.8) is 0 Å². The van der Waals surface area contributed by atoms with E-state index in [4.69, 9.17) is 0 Å². The van der Waals surface area contributed by atoms with Crippen molar-refractivity contribution in [3.05, 3.63) is 53.1 Å². The second kappa shape index (κ2) is 11.6. The molecule has 0 spiro atoms. The van der Waals surface area contributed by atoms with Crippen LogP contribution in [0.1, 0.15) is 72.1 Å². The highest BCUT2D eigenvalue weighted by molar-refractivity contribution is 5.95. The van der Waals surface area contributed by atoms with Gasteiger partial charge in [-0.15, -0.1) is 10.2 Å². The monoisotopic (exact) mass is 586 g/mol. The molecule has 2 N–H and O–H groups in total. The van der Waals surface area contributed by atoms with Crippen LogP contribution in [0.5, 0.6) is 11.6 Å². The molecule has 38 heavy (non-hydrogen) atoms. The van der Waals surface area contributed by atoms with E-state index in [2.05, 4.69) is 51.8 Å². The number of nitrogens with zero attached hydrogens (tertiary/aromatic N) is 4. The fourth-order valence-corrected chi connectivity index (χ4v) is 4.55. The van der Waals surface area contributed by atoms with Gasteiger partial charge in [0.05, 0.1) is 32.2 Å². The summed E-state index contributed by atoms with van der Waals surface area (Å²) in [7, 11) is 2.02. The van der Waals surface area contributed by atoms with Crippen LogP contribution in [0.15, 0.2) is 46.6 Å². The Morgan fingerprint density at radius 2 is 1.47 bits per heavy atom. The van der Waals surface area contributed by atoms with Gasteiger partial charge in [0.25, 0.3) is 0 Å². The van der Waals surface area contributed by atoms with Crippen LogP contribution in [-0.2, 0) is 22.2 Å². The number of azo groups is 1. The number of amides is 1. The largest absolute Gasteiger partial charge is 1.00 e. The number of phenolic OH excluding ortho intramolecular Hbond substituents is 1. The molecule has 208 valence electrons. The molecule has 0 radical (unpaired) electrons. The highest BCUT2D eigenvalue weighted by Crippen LogP contribution is 2.42. The molecular weight excluding hydrogens is 544 g/mol. The lowest BCUT2D eigenvalue weighted by Crippen LogP contribution is -3.00. The Balaban J connectivity index is 0.00000507. The summed E-state index contributed by atoms with van der Waals surface area (Å²) >= 11 is 0. The molecule has 0 aliphatic heterocycles. The second-order valence-electron chi connectivity index (χ2n) is 12.3. The van der Waals surface area contributed by atoms with E-state index in [0.29, 0.717) is 16.8 Å². The maximum absolute atomic E-state index is 12.6. The number of aromatic hydroxyl groups is 2. The summed E-state index contributed by atoms with van der Waals surface area (Å²) in [6.07, 6.45) is 0. The summed E-state index contributed by atoms with van der Waals surface area (Å²) in [6.45, 7) is 18.9. The molecule has 0 atom stereocenters. The average Bonchev–Trinajstić information content (AvgIpc) is 3.07. The number of hydrogen-bond acceptors (Lipinski definition) is 4. The van der Waals surface area contributed by atoms with Gasteiger partial charge in [0.15, 0.2) is 12.2 Å². The van der Waals surface area contributed by atoms with Gasteiger partial charge >= 0.3 is 5.91 Å². The predicted octanol–water partition coefficient (Wildman–Crippen LogP) is 3.80. The van der Waals surface area contributed by atoms with Crippen LogP contribution in [0.4, 0.5) is 5.69 Å². The van der Waals surface area contributed by atoms with Gasteiger partial charge in [-0.25, -0.2) is 0 Å². The van der Waals surface area contributed by atoms with E-state index in [1.807, 2.05) is 57.3 Å². The summed E-state index contributed by atoms with van der Waals surface area (Å²) in [6, 6.07) is 11.6. The first-order chi connectivity index (χ1) is 17.1. The lowest BCUT2D eigenvalue weighted by atomic mass is 9.78. The fourth-order valence-electron chi connectivity index (χ4n) is 4.55. The van der Waals surface area contributed by atoms with Gasteiger partial charge in [0, 0.05) is 5.39 Å². The van der Waals surface area contributed by atoms with Crippen molar-refractivity contribution in [1.82, 2.24) is 4.57 Å². The van der Waals surface area contributed by atoms with E-state index in [-0.39, 0.29) is 51.8 Å². The Bertz CT molecular complexity index is 1290. The number of fused-ring (bicyclic) bond motifs is 1. The normalized spacial score (nSPS) is 12.8. The number of rotatable bonds is 7. The van der Waals surface area contributed by atoms with E-state index >= 15 is 0 Å². The zero-order valence-corrected chi connectivity index (χ0v) is 25.8. The van der Waals surface area contributed by atoms with E-state index in [9.17, 15) is 15.0 Å². The number of likely N-dealkylation sites (N-methyl/N-ethyl adjacent to an activating group) is 1. The van der Waals surface area contributed by atoms with Crippen molar-refractivity contribution in [2.45, 2.75) is 72.8 Å². The number of benzene rings is 2. The molecule has 0 bridgehead atoms. The third kappa shape index (κ3) is 6.64.